The van der Waals surface area contributed by atoms with Crippen LogP contribution >= 0.6 is 0 Å². The summed E-state index contributed by atoms with van der Waals surface area (Å²) in [5, 5.41) is 62.7. The van der Waals surface area contributed by atoms with Gasteiger partial charge in [0.25, 0.3) is 32.9 Å². The number of nitro groups is 4. The lowest BCUT2D eigenvalue weighted by Crippen LogP contribution is -2.35. The summed E-state index contributed by atoms with van der Waals surface area (Å²) in [7, 11) is -3.45. The number of aliphatic hydroxyl groups excluding tert-OH is 2. The van der Waals surface area contributed by atoms with E-state index in [-0.39, 0.29) is 75.7 Å². The van der Waals surface area contributed by atoms with E-state index in [1.165, 1.54) is 108 Å². The number of rotatable bonds is 12. The zero-order chi connectivity index (χ0) is 61.8. The Morgan fingerprint density at radius 3 is 1.12 bits per heavy atom. The number of benzene rings is 5. The molecule has 7 heterocycles. The van der Waals surface area contributed by atoms with Crippen molar-refractivity contribution >= 4 is 61.3 Å². The number of aliphatic hydroxyl groups is 2. The molecule has 5 atom stereocenters. The minimum Gasteiger partial charge on any atom is -0.399 e. The van der Waals surface area contributed by atoms with Gasteiger partial charge in [0.2, 0.25) is 0 Å². The second-order valence-electron chi connectivity index (χ2n) is 22.1. The van der Waals surface area contributed by atoms with Crippen LogP contribution in [-0.2, 0) is 14.3 Å². The van der Waals surface area contributed by atoms with E-state index < -0.39 is 30.7 Å². The number of nitrogens with zero attached hydrogens (tertiary/aromatic N) is 10. The quantitative estimate of drug-likeness (QED) is 0.0390. The van der Waals surface area contributed by atoms with Crippen molar-refractivity contribution in [3.05, 3.63) is 168 Å². The van der Waals surface area contributed by atoms with Gasteiger partial charge in [-0.15, -0.1) is 0 Å². The van der Waals surface area contributed by atoms with Crippen molar-refractivity contribution in [1.82, 2.24) is 15.1 Å². The molecule has 5 N–H and O–H groups in total. The van der Waals surface area contributed by atoms with Gasteiger partial charge in [0.05, 0.1) is 44.3 Å². The van der Waals surface area contributed by atoms with Gasteiger partial charge < -0.3 is 40.9 Å². The largest absolute Gasteiger partial charge is 0.399 e. The van der Waals surface area contributed by atoms with E-state index in [4.69, 9.17) is 15.0 Å². The second kappa shape index (κ2) is 37.5. The lowest BCUT2D eigenvalue weighted by molar-refractivity contribution is -0.385. The topological polar surface area (TPSA) is 314 Å². The molecule has 498 valence electrons. The number of halogens is 1. The fourth-order valence-electron chi connectivity index (χ4n) is 11.3. The molecule has 0 amide bonds. The van der Waals surface area contributed by atoms with Crippen LogP contribution in [0.2, 0.25) is 0 Å². The standard InChI is InChI=1S/C14H19N3O2.C14H21N3.C11H14N2O5S.C10H12N2O3.C6H4FNO2.C4H9NO.4CH4/c18-17(19)13-5-3-12(4-6-13)16-10-7-14(11-16)15-8-1-2-9-15;15-12-3-5-13(6-4-12)17-10-7-14(11-17)16-8-1-2-9-16;1-19(16,17)18-11-6-7-12(8-11)9-2-4-10(5-3-9)13(14)15;13-10-5-6-11(7-10)8-1-3-9(4-2-8)12(14)15;7-5-1-3-6(4-2-5)8(9)10;6-4-1-2-5-3-4;;;;/h3-6,14H,1-2,7-11H2;3-6,14H,1-2,7-11,15H2;2-5,11H,6-8H2,1H3;1-4,10,13H,5-7H2;1-4H;4-6H,1-3H2;4*1H4. The molecular weight excluding hydrogens is 1180 g/mol. The molecule has 0 aliphatic carbocycles. The van der Waals surface area contributed by atoms with E-state index in [1.807, 2.05) is 34.1 Å². The molecule has 0 spiro atoms. The van der Waals surface area contributed by atoms with Crippen molar-refractivity contribution in [2.75, 3.05) is 123 Å². The Morgan fingerprint density at radius 2 is 0.811 bits per heavy atom. The predicted molar refractivity (Wildman–Crippen MR) is 356 cm³/mol. The predicted octanol–water partition coefficient (Wildman–Crippen LogP) is 10.1. The van der Waals surface area contributed by atoms with E-state index in [9.17, 15) is 58.4 Å². The molecule has 5 aromatic carbocycles. The molecular formula is C63H95FN12O13S. The highest BCUT2D eigenvalue weighted by molar-refractivity contribution is 7.86. The van der Waals surface area contributed by atoms with Gasteiger partial charge in [-0.3, -0.25) is 54.4 Å². The maximum absolute atomic E-state index is 12.1. The Labute approximate surface area is 529 Å². The number of nitrogens with one attached hydrogen (secondary N) is 1. The molecule has 27 heteroatoms. The summed E-state index contributed by atoms with van der Waals surface area (Å²) in [6.07, 6.45) is 10.6. The van der Waals surface area contributed by atoms with Crippen LogP contribution in [0.3, 0.4) is 0 Å². The Balaban J connectivity index is 0.000000287. The average Bonchev–Trinajstić information content (AvgIpc) is 2.78. The van der Waals surface area contributed by atoms with Crippen molar-refractivity contribution < 1.29 is 46.9 Å². The van der Waals surface area contributed by atoms with Gasteiger partial charge in [-0.2, -0.15) is 8.42 Å². The summed E-state index contributed by atoms with van der Waals surface area (Å²) < 4.78 is 39.1. The Bertz CT molecular complexity index is 3050. The maximum Gasteiger partial charge on any atom is 0.269 e. The van der Waals surface area contributed by atoms with Gasteiger partial charge >= 0.3 is 0 Å². The molecule has 12 rings (SSSR count). The SMILES string of the molecule is C.C.C.C.CS(=O)(=O)OC1CCN(c2ccc([N+](=O)[O-])cc2)C1.Nc1ccc(N2CCC(N3CCCC3)C2)cc1.O=[N+]([O-])c1ccc(F)cc1.O=[N+]([O-])c1ccc(N2CCC(N3CCCC3)C2)cc1.O=[N+]([O-])c1ccc(N2CCC(O)C2)cc1.OC1CCNC1. The summed E-state index contributed by atoms with van der Waals surface area (Å²) in [6.45, 7) is 13.9. The highest BCUT2D eigenvalue weighted by Gasteiger charge is 2.31. The Kier molecular flexibility index (Phi) is 31.9. The van der Waals surface area contributed by atoms with Gasteiger partial charge in [0.1, 0.15) is 5.82 Å². The van der Waals surface area contributed by atoms with Crippen molar-refractivity contribution in [1.29, 1.82) is 0 Å². The number of likely N-dealkylation sites (tertiary alicyclic amines) is 2. The first kappa shape index (κ1) is 76.6. The molecule has 7 aliphatic heterocycles. The third-order valence-electron chi connectivity index (χ3n) is 15.9. The number of anilines is 5. The number of non-ortho nitro benzene ring substituents is 4. The molecule has 5 unspecified atom stereocenters. The number of nitrogens with two attached hydrogens (primary N) is 1. The van der Waals surface area contributed by atoms with Crippen LogP contribution in [-0.4, -0.2) is 176 Å². The van der Waals surface area contributed by atoms with Crippen LogP contribution in [0.15, 0.2) is 121 Å². The highest BCUT2D eigenvalue weighted by atomic mass is 32.2. The number of hydrogen-bond acceptors (Lipinski definition) is 21. The van der Waals surface area contributed by atoms with Gasteiger partial charge in [-0.05, 0) is 163 Å². The molecule has 0 bridgehead atoms. The van der Waals surface area contributed by atoms with Gasteiger partial charge in [0.15, 0.2) is 0 Å². The minimum absolute atomic E-state index is 0. The number of hydrogen-bond donors (Lipinski definition) is 4. The van der Waals surface area contributed by atoms with Gasteiger partial charge in [-0.25, -0.2) is 4.39 Å². The normalized spacial score (nSPS) is 20.8. The minimum atomic E-state index is -3.45. The molecule has 0 saturated carbocycles. The fourth-order valence-corrected chi connectivity index (χ4v) is 11.9. The van der Waals surface area contributed by atoms with Crippen molar-refractivity contribution in [3.8, 4) is 0 Å². The zero-order valence-corrected chi connectivity index (χ0v) is 49.2. The molecule has 0 radical (unpaired) electrons. The molecule has 7 fully saturated rings. The fraction of sp³-hybridized carbons (Fsp3) is 0.524. The van der Waals surface area contributed by atoms with Gasteiger partial charge in [0, 0.05) is 148 Å². The van der Waals surface area contributed by atoms with E-state index in [0.717, 1.165) is 105 Å². The first-order chi connectivity index (χ1) is 41.2. The van der Waals surface area contributed by atoms with Crippen LogP contribution < -0.4 is 30.7 Å². The Hall–Kier alpha value is -7.66. The molecule has 7 saturated heterocycles. The van der Waals surface area contributed by atoms with E-state index in [0.29, 0.717) is 32.1 Å². The number of nitro benzene ring substituents is 4. The average molecular weight is 1280 g/mol. The maximum atomic E-state index is 12.1. The summed E-state index contributed by atoms with van der Waals surface area (Å²) in [5.74, 6) is -0.467. The molecule has 25 nitrogen and oxygen atoms in total. The van der Waals surface area contributed by atoms with E-state index in [1.54, 1.807) is 36.4 Å². The summed E-state index contributed by atoms with van der Waals surface area (Å²) >= 11 is 0. The van der Waals surface area contributed by atoms with Crippen molar-refractivity contribution in [3.63, 3.8) is 0 Å². The second-order valence-corrected chi connectivity index (χ2v) is 23.7. The monoisotopic (exact) mass is 1280 g/mol. The molecule has 90 heavy (non-hydrogen) atoms. The third-order valence-corrected chi connectivity index (χ3v) is 16.5. The molecule has 0 aromatic heterocycles. The summed E-state index contributed by atoms with van der Waals surface area (Å²) in [6, 6.07) is 33.6. The number of β-amino-alcohol motifs (C(OH)–C–C–N with tert-alkyl or cyclic N) is 2. The first-order valence-corrected chi connectivity index (χ1v) is 30.9. The number of nitrogen functional groups attached to an aromatic ring is 1. The van der Waals surface area contributed by atoms with Crippen molar-refractivity contribution in [2.45, 2.75) is 118 Å². The van der Waals surface area contributed by atoms with E-state index >= 15 is 0 Å². The smallest absolute Gasteiger partial charge is 0.269 e. The summed E-state index contributed by atoms with van der Waals surface area (Å²) in [5.41, 5.74) is 11.0. The van der Waals surface area contributed by atoms with Crippen LogP contribution in [0.5, 0.6) is 0 Å². The zero-order valence-electron chi connectivity index (χ0n) is 48.4. The highest BCUT2D eigenvalue weighted by Crippen LogP contribution is 2.30. The summed E-state index contributed by atoms with van der Waals surface area (Å²) in [4.78, 5) is 53.9. The van der Waals surface area contributed by atoms with Gasteiger partial charge in [-0.1, -0.05) is 29.7 Å². The lowest BCUT2D eigenvalue weighted by Gasteiger charge is -2.24. The first-order valence-electron chi connectivity index (χ1n) is 29.1. The van der Waals surface area contributed by atoms with Crippen LogP contribution in [0.1, 0.15) is 87.5 Å². The third kappa shape index (κ3) is 24.3. The Morgan fingerprint density at radius 1 is 0.478 bits per heavy atom. The van der Waals surface area contributed by atoms with Crippen LogP contribution in [0.4, 0.5) is 55.6 Å². The molecule has 7 aliphatic rings. The van der Waals surface area contributed by atoms with Crippen molar-refractivity contribution in [2.24, 2.45) is 0 Å². The van der Waals surface area contributed by atoms with Crippen LogP contribution in [0.25, 0.3) is 0 Å². The molecule has 5 aromatic rings. The van der Waals surface area contributed by atoms with E-state index in [2.05, 4.69) is 37.0 Å². The lowest BCUT2D eigenvalue weighted by atomic mass is 10.2. The van der Waals surface area contributed by atoms with Crippen LogP contribution in [0, 0.1) is 46.3 Å².